The van der Waals surface area contributed by atoms with Crippen LogP contribution in [0.3, 0.4) is 0 Å². The number of halogens is 4. The topological polar surface area (TPSA) is 78.8 Å². The van der Waals surface area contributed by atoms with Gasteiger partial charge in [0.25, 0.3) is 0 Å². The summed E-state index contributed by atoms with van der Waals surface area (Å²) in [6, 6.07) is 17.9. The van der Waals surface area contributed by atoms with Gasteiger partial charge in [0.15, 0.2) is 0 Å². The van der Waals surface area contributed by atoms with Crippen LogP contribution in [0.1, 0.15) is 33.0 Å². The van der Waals surface area contributed by atoms with Crippen molar-refractivity contribution in [1.82, 2.24) is 19.5 Å². The minimum atomic E-state index is -4.58. The van der Waals surface area contributed by atoms with Crippen LogP contribution in [0.4, 0.5) is 13.2 Å². The smallest absolute Gasteiger partial charge is 0.433 e. The number of aryl methyl sites for hydroxylation is 1. The molecule has 0 fully saturated rings. The van der Waals surface area contributed by atoms with Gasteiger partial charge in [-0.2, -0.15) is 13.2 Å². The first-order valence-electron chi connectivity index (χ1n) is 12.5. The maximum Gasteiger partial charge on any atom is 0.433 e. The molecule has 208 valence electrons. The monoisotopic (exact) mass is 593 g/mol. The molecule has 2 N–H and O–H groups in total. The van der Waals surface area contributed by atoms with Gasteiger partial charge in [-0.05, 0) is 41.3 Å². The lowest BCUT2D eigenvalue weighted by molar-refractivity contribution is -0.141. The fraction of sp³-hybridized carbons (Fsp3) is 0.167. The first-order valence-corrected chi connectivity index (χ1v) is 13.7. The molecule has 6 rings (SSSR count). The van der Waals surface area contributed by atoms with Gasteiger partial charge < -0.3 is 15.0 Å². The molecule has 0 spiro atoms. The molecule has 41 heavy (non-hydrogen) atoms. The van der Waals surface area contributed by atoms with Crippen LogP contribution >= 0.6 is 22.9 Å². The summed E-state index contributed by atoms with van der Waals surface area (Å²) in [7, 11) is 3.32. The number of thiophene rings is 1. The molecule has 2 aromatic carbocycles. The van der Waals surface area contributed by atoms with Crippen LogP contribution in [0.2, 0.25) is 5.02 Å². The predicted molar refractivity (Wildman–Crippen MR) is 154 cm³/mol. The number of ether oxygens (including phenoxy) is 1. The number of fused-ring (bicyclic) bond motifs is 2. The molecule has 1 atom stereocenters. The maximum absolute atomic E-state index is 13.3. The number of rotatable bonds is 6. The van der Waals surface area contributed by atoms with E-state index in [1.807, 2.05) is 18.2 Å². The van der Waals surface area contributed by atoms with Gasteiger partial charge in [-0.25, -0.2) is 9.97 Å². The number of hydrogen-bond acceptors (Lipinski definition) is 6. The lowest BCUT2D eigenvalue weighted by Crippen LogP contribution is -2.41. The highest BCUT2D eigenvalue weighted by atomic mass is 35.5. The van der Waals surface area contributed by atoms with Gasteiger partial charge in [0, 0.05) is 45.8 Å². The van der Waals surface area contributed by atoms with Crippen molar-refractivity contribution in [3.05, 3.63) is 117 Å². The molecule has 4 heterocycles. The lowest BCUT2D eigenvalue weighted by Gasteiger charge is -2.31. The highest BCUT2D eigenvalue weighted by Crippen LogP contribution is 2.40. The molecule has 0 bridgehead atoms. The van der Waals surface area contributed by atoms with Crippen molar-refractivity contribution < 1.29 is 17.9 Å². The molecule has 4 aromatic heterocycles. The molecule has 11 heteroatoms. The number of alkyl halides is 3. The van der Waals surface area contributed by atoms with Crippen LogP contribution in [0.25, 0.3) is 21.0 Å². The third-order valence-corrected chi connectivity index (χ3v) is 8.73. The van der Waals surface area contributed by atoms with Gasteiger partial charge in [-0.3, -0.25) is 4.98 Å². The number of nitrogens with zero attached hydrogens (tertiary/aromatic N) is 4. The van der Waals surface area contributed by atoms with Gasteiger partial charge in [-0.15, -0.1) is 11.3 Å². The van der Waals surface area contributed by atoms with Crippen LogP contribution in [0.15, 0.2) is 79.4 Å². The van der Waals surface area contributed by atoms with Crippen molar-refractivity contribution in [2.75, 3.05) is 7.11 Å². The van der Waals surface area contributed by atoms with Gasteiger partial charge in [0.1, 0.15) is 11.2 Å². The Balaban J connectivity index is 1.51. The van der Waals surface area contributed by atoms with E-state index in [9.17, 15) is 13.2 Å². The van der Waals surface area contributed by atoms with Crippen LogP contribution in [0.5, 0.6) is 5.88 Å². The second kappa shape index (κ2) is 10.1. The molecule has 0 saturated heterocycles. The van der Waals surface area contributed by atoms with Crippen LogP contribution < -0.4 is 10.5 Å². The average molecular weight is 594 g/mol. The van der Waals surface area contributed by atoms with E-state index in [0.717, 1.165) is 28.1 Å². The van der Waals surface area contributed by atoms with Crippen molar-refractivity contribution in [2.45, 2.75) is 18.1 Å². The minimum absolute atomic E-state index is 0.358. The maximum atomic E-state index is 13.3. The molecular weight excluding hydrogens is 571 g/mol. The van der Waals surface area contributed by atoms with Crippen LogP contribution in [-0.4, -0.2) is 26.6 Å². The summed E-state index contributed by atoms with van der Waals surface area (Å²) in [6.45, 7) is 0. The summed E-state index contributed by atoms with van der Waals surface area (Å²) in [5.74, 6) is 0.422. The summed E-state index contributed by atoms with van der Waals surface area (Å²) in [5.41, 5.74) is 7.51. The molecular formula is C30H23ClF3N5OS. The Labute approximate surface area is 242 Å². The van der Waals surface area contributed by atoms with Crippen molar-refractivity contribution >= 4 is 43.9 Å². The molecule has 6 aromatic rings. The number of benzene rings is 2. The third-order valence-electron chi connectivity index (χ3n) is 7.18. The minimum Gasteiger partial charge on any atom is -0.481 e. The normalized spacial score (nSPS) is 13.5. The van der Waals surface area contributed by atoms with Gasteiger partial charge in [0.2, 0.25) is 5.88 Å². The fourth-order valence-electron chi connectivity index (χ4n) is 5.10. The zero-order chi connectivity index (χ0) is 28.9. The standard InChI is InChI=1S/C30H23ClF3N5OS/c1-39-16-36-15-26(39)29(35,19-8-10-25(37-14-19)30(32,33)34)18-7-9-23-21(12-18)27(31)22(28(38-23)40-2)13-20-11-17-5-3-4-6-24(17)41-20/h3-12,14-16H,13,35H2,1-2H3. The van der Waals surface area contributed by atoms with E-state index in [2.05, 4.69) is 28.2 Å². The van der Waals surface area contributed by atoms with Gasteiger partial charge in [0.05, 0.1) is 35.9 Å². The Morgan fingerprint density at radius 1 is 1.02 bits per heavy atom. The van der Waals surface area contributed by atoms with E-state index in [4.69, 9.17) is 27.1 Å². The second-order valence-corrected chi connectivity index (χ2v) is 11.2. The lowest BCUT2D eigenvalue weighted by atomic mass is 9.81. The summed E-state index contributed by atoms with van der Waals surface area (Å²) in [4.78, 5) is 13.7. The first kappa shape index (κ1) is 27.2. The van der Waals surface area contributed by atoms with Crippen LogP contribution in [0, 0.1) is 0 Å². The number of imidazole rings is 1. The van der Waals surface area contributed by atoms with E-state index in [-0.39, 0.29) is 0 Å². The number of nitrogens with two attached hydrogens (primary N) is 1. The second-order valence-electron chi connectivity index (χ2n) is 9.70. The predicted octanol–water partition coefficient (Wildman–Crippen LogP) is 7.10. The molecule has 0 radical (unpaired) electrons. The Morgan fingerprint density at radius 3 is 2.46 bits per heavy atom. The Morgan fingerprint density at radius 2 is 1.80 bits per heavy atom. The molecule has 1 unspecified atom stereocenters. The van der Waals surface area contributed by atoms with Gasteiger partial charge in [-0.1, -0.05) is 41.9 Å². The van der Waals surface area contributed by atoms with Crippen molar-refractivity contribution in [3.8, 4) is 5.88 Å². The molecule has 0 aliphatic rings. The summed E-state index contributed by atoms with van der Waals surface area (Å²) < 4.78 is 48.3. The van der Waals surface area contributed by atoms with E-state index < -0.39 is 17.4 Å². The molecule has 0 amide bonds. The van der Waals surface area contributed by atoms with E-state index in [0.29, 0.717) is 45.0 Å². The summed E-state index contributed by atoms with van der Waals surface area (Å²) in [6.07, 6.45) is 0.253. The Hall–Kier alpha value is -3.99. The number of methoxy groups -OCH3 is 1. The van der Waals surface area contributed by atoms with Crippen molar-refractivity contribution in [2.24, 2.45) is 12.8 Å². The van der Waals surface area contributed by atoms with E-state index in [1.165, 1.54) is 10.8 Å². The zero-order valence-corrected chi connectivity index (χ0v) is 23.5. The van der Waals surface area contributed by atoms with Gasteiger partial charge >= 0.3 is 6.18 Å². The van der Waals surface area contributed by atoms with E-state index >= 15 is 0 Å². The number of pyridine rings is 2. The number of aromatic nitrogens is 4. The fourth-order valence-corrected chi connectivity index (χ4v) is 6.48. The average Bonchev–Trinajstić information content (AvgIpc) is 3.59. The molecule has 0 aliphatic heterocycles. The first-order chi connectivity index (χ1) is 19.6. The Kier molecular flexibility index (Phi) is 6.72. The van der Waals surface area contributed by atoms with Crippen molar-refractivity contribution in [3.63, 3.8) is 0 Å². The van der Waals surface area contributed by atoms with E-state index in [1.54, 1.807) is 54.7 Å². The quantitative estimate of drug-likeness (QED) is 0.223. The molecule has 0 saturated carbocycles. The zero-order valence-electron chi connectivity index (χ0n) is 21.9. The Bertz CT molecular complexity index is 1870. The highest BCUT2D eigenvalue weighted by Gasteiger charge is 2.38. The molecule has 6 nitrogen and oxygen atoms in total. The highest BCUT2D eigenvalue weighted by molar-refractivity contribution is 7.19. The van der Waals surface area contributed by atoms with Crippen molar-refractivity contribution in [1.29, 1.82) is 0 Å². The summed E-state index contributed by atoms with van der Waals surface area (Å²) >= 11 is 8.73. The number of hydrogen-bond donors (Lipinski definition) is 1. The van der Waals surface area contributed by atoms with Crippen LogP contribution in [-0.2, 0) is 25.2 Å². The molecule has 0 aliphatic carbocycles. The third kappa shape index (κ3) is 4.71. The largest absolute Gasteiger partial charge is 0.481 e. The SMILES string of the molecule is COc1nc2ccc(C(N)(c3ccc(C(F)(F)F)nc3)c3cncn3C)cc2c(Cl)c1Cc1cc2ccccc2s1. The summed E-state index contributed by atoms with van der Waals surface area (Å²) in [5, 5.41) is 2.25.